The number of hydrogen-bond donors (Lipinski definition) is 2. The minimum atomic E-state index is -3.46. The zero-order valence-electron chi connectivity index (χ0n) is 11.6. The van der Waals surface area contributed by atoms with Gasteiger partial charge in [-0.2, -0.15) is 0 Å². The summed E-state index contributed by atoms with van der Waals surface area (Å²) in [6, 6.07) is 3.28. The van der Waals surface area contributed by atoms with Gasteiger partial charge < -0.3 is 9.84 Å². The zero-order chi connectivity index (χ0) is 15.1. The Morgan fingerprint density at radius 2 is 2.19 bits per heavy atom. The van der Waals surface area contributed by atoms with Crippen molar-refractivity contribution in [3.63, 3.8) is 0 Å². The van der Waals surface area contributed by atoms with Crippen molar-refractivity contribution >= 4 is 15.8 Å². The smallest absolute Gasteiger partial charge is 0.236 e. The van der Waals surface area contributed by atoms with E-state index in [1.165, 1.54) is 6.20 Å². The lowest BCUT2D eigenvalue weighted by Gasteiger charge is -2.22. The molecule has 0 saturated carbocycles. The Kier molecular flexibility index (Phi) is 5.56. The first-order valence-corrected chi connectivity index (χ1v) is 8.31. The van der Waals surface area contributed by atoms with E-state index in [9.17, 15) is 8.42 Å². The van der Waals surface area contributed by atoms with Crippen molar-refractivity contribution in [1.82, 2.24) is 4.98 Å². The Morgan fingerprint density at radius 1 is 1.43 bits per heavy atom. The van der Waals surface area contributed by atoms with Crippen LogP contribution >= 0.6 is 0 Å². The number of aliphatic hydroxyl groups excluding tert-OH is 1. The molecule has 6 nitrogen and oxygen atoms in total. The molecule has 114 valence electrons. The summed E-state index contributed by atoms with van der Waals surface area (Å²) in [5, 5.41) is 8.23. The fourth-order valence-corrected chi connectivity index (χ4v) is 3.38. The number of nitrogens with zero attached hydrogens (tertiary/aromatic N) is 1. The second-order valence-electron chi connectivity index (χ2n) is 4.66. The Labute approximate surface area is 124 Å². The molecule has 0 unspecified atom stereocenters. The number of pyridine rings is 1. The lowest BCUT2D eigenvalue weighted by molar-refractivity contribution is 0.0984. The van der Waals surface area contributed by atoms with E-state index >= 15 is 0 Å². The van der Waals surface area contributed by atoms with Crippen LogP contribution in [0.5, 0.6) is 0 Å². The van der Waals surface area contributed by atoms with E-state index in [1.54, 1.807) is 12.1 Å². The maximum atomic E-state index is 12.3. The monoisotopic (exact) mass is 310 g/mol. The molecule has 1 saturated heterocycles. The van der Waals surface area contributed by atoms with Crippen LogP contribution in [0.1, 0.15) is 24.8 Å². The topological polar surface area (TPSA) is 88.5 Å². The summed E-state index contributed by atoms with van der Waals surface area (Å²) in [6.45, 7) is 0.929. The number of ether oxygens (including phenoxy) is 1. The summed E-state index contributed by atoms with van der Waals surface area (Å²) < 4.78 is 32.2. The van der Waals surface area contributed by atoms with Crippen LogP contribution in [0.25, 0.3) is 0 Å². The van der Waals surface area contributed by atoms with E-state index in [-0.39, 0.29) is 12.4 Å². The molecule has 0 aliphatic carbocycles. The zero-order valence-corrected chi connectivity index (χ0v) is 12.4. The first-order chi connectivity index (χ1) is 10.1. The van der Waals surface area contributed by atoms with Crippen molar-refractivity contribution in [2.45, 2.75) is 24.5 Å². The van der Waals surface area contributed by atoms with E-state index in [0.29, 0.717) is 38.0 Å². The van der Waals surface area contributed by atoms with Crippen LogP contribution in [0.4, 0.5) is 5.82 Å². The summed E-state index contributed by atoms with van der Waals surface area (Å²) in [7, 11) is -3.46. The molecule has 0 atom stereocenters. The van der Waals surface area contributed by atoms with Gasteiger partial charge >= 0.3 is 0 Å². The first-order valence-electron chi connectivity index (χ1n) is 6.77. The van der Waals surface area contributed by atoms with Crippen molar-refractivity contribution in [3.8, 4) is 11.8 Å². The maximum absolute atomic E-state index is 12.3. The van der Waals surface area contributed by atoms with Crippen LogP contribution in [0, 0.1) is 11.8 Å². The van der Waals surface area contributed by atoms with Crippen molar-refractivity contribution in [1.29, 1.82) is 0 Å². The molecule has 1 aromatic heterocycles. The molecule has 0 amide bonds. The number of sulfonamides is 1. The summed E-state index contributed by atoms with van der Waals surface area (Å²) in [6.07, 6.45) is 2.87. The molecular formula is C14H18N2O4S. The Bertz CT molecular complexity index is 628. The van der Waals surface area contributed by atoms with Gasteiger partial charge in [0.2, 0.25) is 10.0 Å². The molecule has 21 heavy (non-hydrogen) atoms. The second kappa shape index (κ2) is 7.41. The summed E-state index contributed by atoms with van der Waals surface area (Å²) in [5.41, 5.74) is 0.656. The lowest BCUT2D eigenvalue weighted by atomic mass is 10.2. The highest BCUT2D eigenvalue weighted by atomic mass is 32.2. The van der Waals surface area contributed by atoms with Crippen LogP contribution in [-0.4, -0.2) is 43.6 Å². The molecule has 2 rings (SSSR count). The molecule has 1 fully saturated rings. The highest BCUT2D eigenvalue weighted by molar-refractivity contribution is 7.93. The third-order valence-corrected chi connectivity index (χ3v) is 4.93. The normalized spacial score (nSPS) is 16.0. The summed E-state index contributed by atoms with van der Waals surface area (Å²) in [4.78, 5) is 4.01. The molecule has 2 N–H and O–H groups in total. The number of hydrogen-bond acceptors (Lipinski definition) is 5. The van der Waals surface area contributed by atoms with E-state index in [4.69, 9.17) is 9.84 Å². The van der Waals surface area contributed by atoms with Gasteiger partial charge in [0, 0.05) is 31.4 Å². The SMILES string of the molecule is O=S(=O)(Nc1cc(C#CCCO)ccn1)C1CCOCC1. The quantitative estimate of drug-likeness (QED) is 0.801. The van der Waals surface area contributed by atoms with Gasteiger partial charge in [0.25, 0.3) is 0 Å². The van der Waals surface area contributed by atoms with E-state index in [0.717, 1.165) is 0 Å². The first kappa shape index (κ1) is 15.8. The molecule has 2 heterocycles. The number of rotatable bonds is 4. The van der Waals surface area contributed by atoms with Crippen molar-refractivity contribution in [3.05, 3.63) is 23.9 Å². The molecule has 0 bridgehead atoms. The third-order valence-electron chi connectivity index (χ3n) is 3.08. The van der Waals surface area contributed by atoms with Crippen molar-refractivity contribution < 1.29 is 18.3 Å². The number of nitrogens with one attached hydrogen (secondary N) is 1. The largest absolute Gasteiger partial charge is 0.395 e. The molecule has 0 spiro atoms. The Balaban J connectivity index is 2.08. The van der Waals surface area contributed by atoms with Crippen LogP contribution in [0.2, 0.25) is 0 Å². The predicted molar refractivity (Wildman–Crippen MR) is 79.2 cm³/mol. The van der Waals surface area contributed by atoms with Gasteiger partial charge in [0.1, 0.15) is 5.82 Å². The van der Waals surface area contributed by atoms with Crippen molar-refractivity contribution in [2.24, 2.45) is 0 Å². The van der Waals surface area contributed by atoms with Gasteiger partial charge in [-0.25, -0.2) is 13.4 Å². The van der Waals surface area contributed by atoms with Crippen LogP contribution in [0.15, 0.2) is 18.3 Å². The minimum absolute atomic E-state index is 0.00131. The van der Waals surface area contributed by atoms with E-state index < -0.39 is 15.3 Å². The number of aromatic nitrogens is 1. The fraction of sp³-hybridized carbons (Fsp3) is 0.500. The van der Waals surface area contributed by atoms with E-state index in [2.05, 4.69) is 21.5 Å². The van der Waals surface area contributed by atoms with Gasteiger partial charge in [-0.05, 0) is 25.0 Å². The van der Waals surface area contributed by atoms with Crippen LogP contribution < -0.4 is 4.72 Å². The maximum Gasteiger partial charge on any atom is 0.236 e. The van der Waals surface area contributed by atoms with Crippen LogP contribution in [-0.2, 0) is 14.8 Å². The highest BCUT2D eigenvalue weighted by Crippen LogP contribution is 2.18. The van der Waals surface area contributed by atoms with Gasteiger partial charge in [-0.3, -0.25) is 4.72 Å². The summed E-state index contributed by atoms with van der Waals surface area (Å²) in [5.74, 6) is 5.89. The molecule has 0 radical (unpaired) electrons. The van der Waals surface area contributed by atoms with Gasteiger partial charge in [-0.1, -0.05) is 11.8 Å². The third kappa shape index (κ3) is 4.70. The molecule has 1 aromatic rings. The van der Waals surface area contributed by atoms with Gasteiger partial charge in [0.15, 0.2) is 0 Å². The summed E-state index contributed by atoms with van der Waals surface area (Å²) >= 11 is 0. The number of aliphatic hydroxyl groups is 1. The van der Waals surface area contributed by atoms with E-state index in [1.807, 2.05) is 0 Å². The second-order valence-corrected chi connectivity index (χ2v) is 6.62. The van der Waals surface area contributed by atoms with Crippen molar-refractivity contribution in [2.75, 3.05) is 24.5 Å². The van der Waals surface area contributed by atoms with Gasteiger partial charge in [-0.15, -0.1) is 0 Å². The Morgan fingerprint density at radius 3 is 2.90 bits per heavy atom. The number of anilines is 1. The highest BCUT2D eigenvalue weighted by Gasteiger charge is 2.27. The lowest BCUT2D eigenvalue weighted by Crippen LogP contribution is -2.33. The van der Waals surface area contributed by atoms with Gasteiger partial charge in [0.05, 0.1) is 11.9 Å². The molecule has 1 aliphatic rings. The predicted octanol–water partition coefficient (Wildman–Crippen LogP) is 0.736. The standard InChI is InChI=1S/C14H18N2O4S/c17-8-2-1-3-12-4-7-15-14(11-12)16-21(18,19)13-5-9-20-10-6-13/h4,7,11,13,17H,2,5-6,8-10H2,(H,15,16). The fourth-order valence-electron chi connectivity index (χ4n) is 2.00. The molecule has 1 aliphatic heterocycles. The van der Waals surface area contributed by atoms with Crippen LogP contribution in [0.3, 0.4) is 0 Å². The molecular weight excluding hydrogens is 292 g/mol. The minimum Gasteiger partial charge on any atom is -0.395 e. The molecule has 7 heteroatoms. The Hall–Kier alpha value is -1.62. The average molecular weight is 310 g/mol. The average Bonchev–Trinajstić information content (AvgIpc) is 2.48. The molecule has 0 aromatic carbocycles.